The van der Waals surface area contributed by atoms with Gasteiger partial charge in [0.25, 0.3) is 0 Å². The van der Waals surface area contributed by atoms with Gasteiger partial charge in [0.05, 0.1) is 0 Å². The molecule has 0 spiro atoms. The van der Waals surface area contributed by atoms with Crippen molar-refractivity contribution in [3.63, 3.8) is 0 Å². The van der Waals surface area contributed by atoms with E-state index in [-0.39, 0.29) is 0 Å². The maximum atomic E-state index is 3.53. The summed E-state index contributed by atoms with van der Waals surface area (Å²) in [7, 11) is 0. The van der Waals surface area contributed by atoms with Gasteiger partial charge in [-0.15, -0.1) is 0 Å². The lowest BCUT2D eigenvalue weighted by atomic mass is 10.1. The first-order valence-electron chi connectivity index (χ1n) is 4.30. The summed E-state index contributed by atoms with van der Waals surface area (Å²) in [5.74, 6) is 0. The summed E-state index contributed by atoms with van der Waals surface area (Å²) < 4.78 is 1.16. The Kier molecular flexibility index (Phi) is 3.60. The van der Waals surface area contributed by atoms with Crippen molar-refractivity contribution in [2.45, 2.75) is 20.3 Å². The molecule has 0 unspecified atom stereocenters. The van der Waals surface area contributed by atoms with Crippen molar-refractivity contribution >= 4 is 21.6 Å². The third kappa shape index (κ3) is 2.24. The lowest BCUT2D eigenvalue weighted by Crippen LogP contribution is -1.97. The van der Waals surface area contributed by atoms with Gasteiger partial charge in [-0.05, 0) is 47.0 Å². The molecule has 2 heteroatoms. The normalized spacial score (nSPS) is 9.92. The van der Waals surface area contributed by atoms with Crippen LogP contribution in [-0.4, -0.2) is 6.54 Å². The highest BCUT2D eigenvalue weighted by Gasteiger charge is 1.97. The summed E-state index contributed by atoms with van der Waals surface area (Å²) >= 11 is 3.53. The molecule has 0 fully saturated rings. The molecule has 0 atom stereocenters. The van der Waals surface area contributed by atoms with Crippen molar-refractivity contribution in [3.05, 3.63) is 28.2 Å². The van der Waals surface area contributed by atoms with Crippen LogP contribution in [0.25, 0.3) is 0 Å². The number of hydrogen-bond donors (Lipinski definition) is 1. The Morgan fingerprint density at radius 1 is 1.33 bits per heavy atom. The van der Waals surface area contributed by atoms with Crippen LogP contribution < -0.4 is 5.32 Å². The van der Waals surface area contributed by atoms with Crippen LogP contribution in [0.2, 0.25) is 0 Å². The van der Waals surface area contributed by atoms with Crippen molar-refractivity contribution in [2.24, 2.45) is 0 Å². The number of nitrogens with one attached hydrogen (secondary N) is 1. The molecule has 1 nitrogen and oxygen atoms in total. The van der Waals surface area contributed by atoms with Crippen molar-refractivity contribution in [1.82, 2.24) is 0 Å². The standard InChI is InChI=1S/C10H14BrN/c1-3-8-5-6-10(12-4-2)9(11)7-8/h5-7,12H,3-4H2,1-2H3. The Morgan fingerprint density at radius 2 is 2.08 bits per heavy atom. The summed E-state index contributed by atoms with van der Waals surface area (Å²) in [6, 6.07) is 6.44. The zero-order valence-corrected chi connectivity index (χ0v) is 9.11. The molecular formula is C10H14BrN. The number of halogens is 1. The molecule has 0 aliphatic heterocycles. The van der Waals surface area contributed by atoms with Gasteiger partial charge in [-0.1, -0.05) is 13.0 Å². The third-order valence-electron chi connectivity index (χ3n) is 1.81. The van der Waals surface area contributed by atoms with E-state index >= 15 is 0 Å². The molecule has 0 bridgehead atoms. The molecule has 0 amide bonds. The van der Waals surface area contributed by atoms with Gasteiger partial charge in [0.2, 0.25) is 0 Å². The molecule has 1 N–H and O–H groups in total. The minimum Gasteiger partial charge on any atom is -0.384 e. The van der Waals surface area contributed by atoms with Crippen molar-refractivity contribution in [3.8, 4) is 0 Å². The van der Waals surface area contributed by atoms with Crippen LogP contribution in [0, 0.1) is 0 Å². The topological polar surface area (TPSA) is 12.0 Å². The Labute approximate surface area is 82.3 Å². The van der Waals surface area contributed by atoms with Crippen LogP contribution in [0.5, 0.6) is 0 Å². The molecule has 1 rings (SSSR count). The van der Waals surface area contributed by atoms with Crippen molar-refractivity contribution in [2.75, 3.05) is 11.9 Å². The molecule has 0 saturated carbocycles. The summed E-state index contributed by atoms with van der Waals surface area (Å²) in [5.41, 5.74) is 2.54. The summed E-state index contributed by atoms with van der Waals surface area (Å²) in [6.07, 6.45) is 1.09. The first kappa shape index (κ1) is 9.59. The molecule has 1 aromatic carbocycles. The van der Waals surface area contributed by atoms with Crippen molar-refractivity contribution < 1.29 is 0 Å². The van der Waals surface area contributed by atoms with Gasteiger partial charge in [-0.3, -0.25) is 0 Å². The van der Waals surface area contributed by atoms with Gasteiger partial charge in [0.1, 0.15) is 0 Å². The lowest BCUT2D eigenvalue weighted by Gasteiger charge is -2.06. The highest BCUT2D eigenvalue weighted by atomic mass is 79.9. The summed E-state index contributed by atoms with van der Waals surface area (Å²) in [5, 5.41) is 3.28. The number of aryl methyl sites for hydroxylation is 1. The van der Waals surface area contributed by atoms with Crippen LogP contribution >= 0.6 is 15.9 Å². The number of rotatable bonds is 3. The predicted molar refractivity (Wildman–Crippen MR) is 57.7 cm³/mol. The molecule has 1 aromatic rings. The lowest BCUT2D eigenvalue weighted by molar-refractivity contribution is 1.13. The fourth-order valence-electron chi connectivity index (χ4n) is 1.11. The van der Waals surface area contributed by atoms with Gasteiger partial charge >= 0.3 is 0 Å². The quantitative estimate of drug-likeness (QED) is 0.835. The van der Waals surface area contributed by atoms with Gasteiger partial charge in [-0.2, -0.15) is 0 Å². The molecular weight excluding hydrogens is 214 g/mol. The van der Waals surface area contributed by atoms with Crippen molar-refractivity contribution in [1.29, 1.82) is 0 Å². The second-order valence-corrected chi connectivity index (χ2v) is 3.55. The first-order chi connectivity index (χ1) is 5.77. The average molecular weight is 228 g/mol. The van der Waals surface area contributed by atoms with E-state index in [1.165, 1.54) is 11.3 Å². The van der Waals surface area contributed by atoms with E-state index in [0.717, 1.165) is 17.4 Å². The predicted octanol–water partition coefficient (Wildman–Crippen LogP) is 3.44. The fourth-order valence-corrected chi connectivity index (χ4v) is 1.68. The van der Waals surface area contributed by atoms with Crippen LogP contribution in [0.1, 0.15) is 19.4 Å². The largest absolute Gasteiger partial charge is 0.384 e. The van der Waals surface area contributed by atoms with Crippen LogP contribution in [-0.2, 0) is 6.42 Å². The number of anilines is 1. The Morgan fingerprint density at radius 3 is 2.58 bits per heavy atom. The van der Waals surface area contributed by atoms with Gasteiger partial charge < -0.3 is 5.32 Å². The molecule has 0 saturated heterocycles. The smallest absolute Gasteiger partial charge is 0.0484 e. The minimum absolute atomic E-state index is 0.962. The first-order valence-corrected chi connectivity index (χ1v) is 5.09. The summed E-state index contributed by atoms with van der Waals surface area (Å²) in [6.45, 7) is 5.22. The summed E-state index contributed by atoms with van der Waals surface area (Å²) in [4.78, 5) is 0. The van der Waals surface area contributed by atoms with E-state index < -0.39 is 0 Å². The van der Waals surface area contributed by atoms with Crippen LogP contribution in [0.15, 0.2) is 22.7 Å². The molecule has 12 heavy (non-hydrogen) atoms. The maximum Gasteiger partial charge on any atom is 0.0484 e. The third-order valence-corrected chi connectivity index (χ3v) is 2.47. The van der Waals surface area contributed by atoms with Gasteiger partial charge in [0, 0.05) is 16.7 Å². The van der Waals surface area contributed by atoms with Crippen LogP contribution in [0.4, 0.5) is 5.69 Å². The minimum atomic E-state index is 0.962. The van der Waals surface area contributed by atoms with Gasteiger partial charge in [-0.25, -0.2) is 0 Å². The average Bonchev–Trinajstić information content (AvgIpc) is 2.09. The van der Waals surface area contributed by atoms with E-state index in [2.05, 4.69) is 53.3 Å². The monoisotopic (exact) mass is 227 g/mol. The second kappa shape index (κ2) is 4.51. The Balaban J connectivity index is 2.87. The zero-order valence-electron chi connectivity index (χ0n) is 7.52. The highest BCUT2D eigenvalue weighted by Crippen LogP contribution is 2.23. The van der Waals surface area contributed by atoms with Crippen LogP contribution in [0.3, 0.4) is 0 Å². The van der Waals surface area contributed by atoms with Gasteiger partial charge in [0.15, 0.2) is 0 Å². The van der Waals surface area contributed by atoms with E-state index in [4.69, 9.17) is 0 Å². The zero-order chi connectivity index (χ0) is 8.97. The van der Waals surface area contributed by atoms with E-state index in [1.807, 2.05) is 0 Å². The fraction of sp³-hybridized carbons (Fsp3) is 0.400. The molecule has 0 aromatic heterocycles. The van der Waals surface area contributed by atoms with E-state index in [1.54, 1.807) is 0 Å². The molecule has 66 valence electrons. The second-order valence-electron chi connectivity index (χ2n) is 2.70. The maximum absolute atomic E-state index is 3.53. The SMILES string of the molecule is CCNc1ccc(CC)cc1Br. The molecule has 0 aliphatic carbocycles. The molecule has 0 aliphatic rings. The van der Waals surface area contributed by atoms with E-state index in [9.17, 15) is 0 Å². The number of benzene rings is 1. The highest BCUT2D eigenvalue weighted by molar-refractivity contribution is 9.10. The molecule has 0 heterocycles. The van der Waals surface area contributed by atoms with E-state index in [0.29, 0.717) is 0 Å². The number of hydrogen-bond acceptors (Lipinski definition) is 1. The Hall–Kier alpha value is -0.500. The Bertz CT molecular complexity index is 258. The molecule has 0 radical (unpaired) electrons.